The maximum Gasteiger partial charge on any atom is 0.193 e. The van der Waals surface area contributed by atoms with Crippen LogP contribution in [0.2, 0.25) is 0 Å². The molecule has 0 aliphatic carbocycles. The third-order valence-electron chi connectivity index (χ3n) is 1.03. The number of aliphatic imine (C=N–C) groups is 1. The van der Waals surface area contributed by atoms with Gasteiger partial charge in [0.25, 0.3) is 0 Å². The molecule has 1 rings (SSSR count). The van der Waals surface area contributed by atoms with Crippen LogP contribution in [0.5, 0.6) is 0 Å². The standard InChI is InChI=1S/C6H8N2O/c1-4-6(7-3)8-5(2)9-4/h3H2,1-2H3. The van der Waals surface area contributed by atoms with Crippen LogP contribution in [0.25, 0.3) is 0 Å². The van der Waals surface area contributed by atoms with E-state index in [2.05, 4.69) is 16.7 Å². The third kappa shape index (κ3) is 0.988. The Morgan fingerprint density at radius 3 is 2.44 bits per heavy atom. The van der Waals surface area contributed by atoms with E-state index in [-0.39, 0.29) is 0 Å². The van der Waals surface area contributed by atoms with Crippen LogP contribution < -0.4 is 0 Å². The highest BCUT2D eigenvalue weighted by atomic mass is 16.4. The number of hydrogen-bond acceptors (Lipinski definition) is 3. The van der Waals surface area contributed by atoms with Gasteiger partial charge < -0.3 is 4.42 Å². The van der Waals surface area contributed by atoms with E-state index in [1.165, 1.54) is 0 Å². The van der Waals surface area contributed by atoms with E-state index in [4.69, 9.17) is 4.42 Å². The van der Waals surface area contributed by atoms with Gasteiger partial charge in [0.05, 0.1) is 0 Å². The second kappa shape index (κ2) is 2.01. The van der Waals surface area contributed by atoms with Crippen molar-refractivity contribution in [3.05, 3.63) is 11.7 Å². The summed E-state index contributed by atoms with van der Waals surface area (Å²) in [5, 5.41) is 0. The fraction of sp³-hybridized carbons (Fsp3) is 0.333. The molecule has 3 nitrogen and oxygen atoms in total. The van der Waals surface area contributed by atoms with Gasteiger partial charge in [-0.2, -0.15) is 4.98 Å². The maximum atomic E-state index is 5.06. The van der Waals surface area contributed by atoms with Crippen LogP contribution in [0.15, 0.2) is 9.41 Å². The molecule has 1 aromatic heterocycles. The second-order valence-corrected chi connectivity index (χ2v) is 1.77. The smallest absolute Gasteiger partial charge is 0.193 e. The number of hydrogen-bond donors (Lipinski definition) is 0. The molecule has 0 aliphatic rings. The van der Waals surface area contributed by atoms with Crippen molar-refractivity contribution in [2.75, 3.05) is 0 Å². The average molecular weight is 124 g/mol. The number of rotatable bonds is 1. The summed E-state index contributed by atoms with van der Waals surface area (Å²) in [7, 11) is 0. The van der Waals surface area contributed by atoms with E-state index in [1.54, 1.807) is 6.92 Å². The van der Waals surface area contributed by atoms with Crippen molar-refractivity contribution < 1.29 is 4.42 Å². The lowest BCUT2D eigenvalue weighted by Gasteiger charge is -1.79. The van der Waals surface area contributed by atoms with Gasteiger partial charge in [-0.25, -0.2) is 4.99 Å². The Balaban J connectivity index is 3.15. The molecular formula is C6H8N2O. The normalized spacial score (nSPS) is 9.56. The molecule has 3 heteroatoms. The zero-order valence-corrected chi connectivity index (χ0v) is 5.51. The predicted molar refractivity (Wildman–Crippen MR) is 35.2 cm³/mol. The molecular weight excluding hydrogens is 116 g/mol. The Kier molecular flexibility index (Phi) is 1.34. The number of nitrogens with zero attached hydrogens (tertiary/aromatic N) is 2. The largest absolute Gasteiger partial charge is 0.444 e. The molecule has 0 unspecified atom stereocenters. The molecule has 0 spiro atoms. The van der Waals surface area contributed by atoms with Crippen LogP contribution >= 0.6 is 0 Å². The van der Waals surface area contributed by atoms with Gasteiger partial charge in [0.15, 0.2) is 11.7 Å². The van der Waals surface area contributed by atoms with Gasteiger partial charge in [-0.05, 0) is 13.6 Å². The summed E-state index contributed by atoms with van der Waals surface area (Å²) < 4.78 is 5.06. The summed E-state index contributed by atoms with van der Waals surface area (Å²) in [6, 6.07) is 0. The predicted octanol–water partition coefficient (Wildman–Crippen LogP) is 1.62. The van der Waals surface area contributed by atoms with E-state index in [9.17, 15) is 0 Å². The average Bonchev–Trinajstić information content (AvgIpc) is 2.10. The number of aryl methyl sites for hydroxylation is 2. The molecule has 0 saturated heterocycles. The summed E-state index contributed by atoms with van der Waals surface area (Å²) >= 11 is 0. The van der Waals surface area contributed by atoms with Gasteiger partial charge in [-0.3, -0.25) is 0 Å². The molecule has 0 aliphatic heterocycles. The highest BCUT2D eigenvalue weighted by Gasteiger charge is 2.01. The summed E-state index contributed by atoms with van der Waals surface area (Å²) in [4.78, 5) is 7.57. The summed E-state index contributed by atoms with van der Waals surface area (Å²) in [5.74, 6) is 1.95. The second-order valence-electron chi connectivity index (χ2n) is 1.77. The van der Waals surface area contributed by atoms with E-state index < -0.39 is 0 Å². The lowest BCUT2D eigenvalue weighted by molar-refractivity contribution is 0.494. The van der Waals surface area contributed by atoms with Gasteiger partial charge in [0, 0.05) is 6.92 Å². The quantitative estimate of drug-likeness (QED) is 0.533. The third-order valence-corrected chi connectivity index (χ3v) is 1.03. The first-order valence-corrected chi connectivity index (χ1v) is 2.65. The lowest BCUT2D eigenvalue weighted by atomic mass is 10.5. The first kappa shape index (κ1) is 6.01. The summed E-state index contributed by atoms with van der Waals surface area (Å²) in [5.41, 5.74) is 0. The van der Waals surface area contributed by atoms with Crippen molar-refractivity contribution in [2.24, 2.45) is 4.99 Å². The summed E-state index contributed by atoms with van der Waals surface area (Å²) in [6.07, 6.45) is 0. The number of aromatic nitrogens is 1. The molecule has 0 atom stereocenters. The van der Waals surface area contributed by atoms with Crippen molar-refractivity contribution >= 4 is 12.5 Å². The topological polar surface area (TPSA) is 38.4 Å². The molecule has 0 bridgehead atoms. The first-order valence-electron chi connectivity index (χ1n) is 2.65. The molecule has 1 heterocycles. The molecule has 48 valence electrons. The Hall–Kier alpha value is -1.12. The van der Waals surface area contributed by atoms with Crippen LogP contribution in [0, 0.1) is 13.8 Å². The van der Waals surface area contributed by atoms with Gasteiger partial charge >= 0.3 is 0 Å². The van der Waals surface area contributed by atoms with Gasteiger partial charge in [0.1, 0.15) is 5.76 Å². The van der Waals surface area contributed by atoms with Crippen molar-refractivity contribution in [1.82, 2.24) is 4.98 Å². The van der Waals surface area contributed by atoms with Crippen LogP contribution in [0.4, 0.5) is 5.82 Å². The van der Waals surface area contributed by atoms with E-state index in [1.807, 2.05) is 6.92 Å². The molecule has 1 aromatic rings. The molecule has 0 amide bonds. The zero-order valence-electron chi connectivity index (χ0n) is 5.51. The van der Waals surface area contributed by atoms with Gasteiger partial charge in [-0.1, -0.05) is 0 Å². The minimum absolute atomic E-state index is 0.590. The first-order chi connectivity index (χ1) is 4.24. The van der Waals surface area contributed by atoms with Gasteiger partial charge in [0.2, 0.25) is 0 Å². The Bertz CT molecular complexity index is 227. The van der Waals surface area contributed by atoms with Crippen molar-refractivity contribution in [3.8, 4) is 0 Å². The van der Waals surface area contributed by atoms with E-state index >= 15 is 0 Å². The fourth-order valence-electron chi connectivity index (χ4n) is 0.665. The Morgan fingerprint density at radius 2 is 2.22 bits per heavy atom. The number of oxazole rings is 1. The minimum Gasteiger partial charge on any atom is -0.444 e. The van der Waals surface area contributed by atoms with Crippen LogP contribution in [0.3, 0.4) is 0 Å². The molecule has 0 aromatic carbocycles. The molecule has 0 saturated carbocycles. The highest BCUT2D eigenvalue weighted by Crippen LogP contribution is 2.16. The van der Waals surface area contributed by atoms with Crippen molar-refractivity contribution in [1.29, 1.82) is 0 Å². The van der Waals surface area contributed by atoms with Crippen LogP contribution in [0.1, 0.15) is 11.7 Å². The van der Waals surface area contributed by atoms with Crippen molar-refractivity contribution in [2.45, 2.75) is 13.8 Å². The van der Waals surface area contributed by atoms with E-state index in [0.717, 1.165) is 5.76 Å². The summed E-state index contributed by atoms with van der Waals surface area (Å²) in [6.45, 7) is 6.92. The minimum atomic E-state index is 0.590. The lowest BCUT2D eigenvalue weighted by Crippen LogP contribution is -1.65. The Morgan fingerprint density at radius 1 is 1.56 bits per heavy atom. The maximum absolute atomic E-state index is 5.06. The fourth-order valence-corrected chi connectivity index (χ4v) is 0.665. The zero-order chi connectivity index (χ0) is 6.85. The monoisotopic (exact) mass is 124 g/mol. The van der Waals surface area contributed by atoms with Crippen LogP contribution in [-0.2, 0) is 0 Å². The SMILES string of the molecule is C=Nc1nc(C)oc1C. The van der Waals surface area contributed by atoms with Crippen molar-refractivity contribution in [3.63, 3.8) is 0 Å². The molecule has 0 fully saturated rings. The van der Waals surface area contributed by atoms with Crippen LogP contribution in [-0.4, -0.2) is 11.7 Å². The highest BCUT2D eigenvalue weighted by molar-refractivity contribution is 5.41. The van der Waals surface area contributed by atoms with E-state index in [0.29, 0.717) is 11.7 Å². The Labute approximate surface area is 53.4 Å². The molecule has 9 heavy (non-hydrogen) atoms. The molecule has 0 N–H and O–H groups in total. The van der Waals surface area contributed by atoms with Gasteiger partial charge in [-0.15, -0.1) is 0 Å². The molecule has 0 radical (unpaired) electrons.